The first kappa shape index (κ1) is 13.9. The number of nitrogens with one attached hydrogen (secondary N) is 2. The highest BCUT2D eigenvalue weighted by molar-refractivity contribution is 5.74. The van der Waals surface area contributed by atoms with Crippen LogP contribution in [0.5, 0.6) is 0 Å². The Morgan fingerprint density at radius 1 is 1.37 bits per heavy atom. The minimum Gasteiger partial charge on any atom is -0.379 e. The van der Waals surface area contributed by atoms with E-state index in [1.807, 2.05) is 0 Å². The first-order chi connectivity index (χ1) is 9.15. The Labute approximate surface area is 114 Å². The van der Waals surface area contributed by atoms with E-state index < -0.39 is 0 Å². The molecule has 1 atom stereocenters. The summed E-state index contributed by atoms with van der Waals surface area (Å²) in [5, 5.41) is 5.77. The summed E-state index contributed by atoms with van der Waals surface area (Å²) in [6.07, 6.45) is 0.899. The summed E-state index contributed by atoms with van der Waals surface area (Å²) in [4.78, 5) is 11.7. The predicted octanol–water partition coefficient (Wildman–Crippen LogP) is 2.40. The van der Waals surface area contributed by atoms with Gasteiger partial charge in [-0.2, -0.15) is 0 Å². The van der Waals surface area contributed by atoms with Gasteiger partial charge in [-0.25, -0.2) is 4.79 Å². The molecule has 1 aromatic rings. The molecule has 0 aliphatic carbocycles. The minimum atomic E-state index is -0.122. The molecule has 1 unspecified atom stereocenters. The largest absolute Gasteiger partial charge is 0.379 e. The zero-order valence-corrected chi connectivity index (χ0v) is 11.6. The number of hydrogen-bond acceptors (Lipinski definition) is 2. The maximum absolute atomic E-state index is 11.7. The number of urea groups is 1. The lowest BCUT2D eigenvalue weighted by Crippen LogP contribution is -2.42. The van der Waals surface area contributed by atoms with Gasteiger partial charge in [0.25, 0.3) is 0 Å². The molecule has 4 heteroatoms. The van der Waals surface area contributed by atoms with E-state index in [2.05, 4.69) is 48.7 Å². The Hall–Kier alpha value is -1.55. The number of carbonyl (C=O) groups is 1. The van der Waals surface area contributed by atoms with Crippen LogP contribution < -0.4 is 10.6 Å². The van der Waals surface area contributed by atoms with E-state index in [1.165, 1.54) is 5.56 Å². The molecule has 1 aromatic carbocycles. The fourth-order valence-corrected chi connectivity index (χ4v) is 2.09. The summed E-state index contributed by atoms with van der Waals surface area (Å²) < 4.78 is 5.21. The van der Waals surface area contributed by atoms with Crippen LogP contribution in [-0.4, -0.2) is 25.3 Å². The second kappa shape index (κ2) is 6.57. The van der Waals surface area contributed by atoms with Gasteiger partial charge in [0, 0.05) is 13.2 Å². The molecule has 0 radical (unpaired) electrons. The topological polar surface area (TPSA) is 50.4 Å². The first-order valence-corrected chi connectivity index (χ1v) is 6.86. The Morgan fingerprint density at radius 2 is 2.11 bits per heavy atom. The number of hydrogen-bond donors (Lipinski definition) is 2. The average Bonchev–Trinajstić information content (AvgIpc) is 2.89. The molecule has 2 amide bonds. The lowest BCUT2D eigenvalue weighted by Gasteiger charge is -2.12. The summed E-state index contributed by atoms with van der Waals surface area (Å²) in [5.74, 6) is 0.535. The number of amides is 2. The predicted molar refractivity (Wildman–Crippen MR) is 75.1 cm³/mol. The van der Waals surface area contributed by atoms with Crippen LogP contribution in [0.15, 0.2) is 24.3 Å². The molecule has 1 saturated heterocycles. The maximum Gasteiger partial charge on any atom is 0.315 e. The third-order valence-electron chi connectivity index (χ3n) is 3.36. The standard InChI is InChI=1S/C15H22N2O2/c1-11(2)13-5-3-12(4-6-13)9-16-15(18)17-14-7-8-19-10-14/h3-6,11,14H,7-10H2,1-2H3,(H2,16,17,18). The van der Waals surface area contributed by atoms with E-state index in [9.17, 15) is 4.79 Å². The van der Waals surface area contributed by atoms with Gasteiger partial charge in [-0.1, -0.05) is 38.1 Å². The molecule has 1 heterocycles. The van der Waals surface area contributed by atoms with Crippen molar-refractivity contribution in [2.45, 2.75) is 38.8 Å². The lowest BCUT2D eigenvalue weighted by molar-refractivity contribution is 0.188. The van der Waals surface area contributed by atoms with Gasteiger partial charge in [-0.15, -0.1) is 0 Å². The maximum atomic E-state index is 11.7. The van der Waals surface area contributed by atoms with Crippen molar-refractivity contribution in [2.24, 2.45) is 0 Å². The van der Waals surface area contributed by atoms with E-state index in [-0.39, 0.29) is 12.1 Å². The Kier molecular flexibility index (Phi) is 4.80. The van der Waals surface area contributed by atoms with Crippen molar-refractivity contribution >= 4 is 6.03 Å². The molecular weight excluding hydrogens is 240 g/mol. The van der Waals surface area contributed by atoms with Crippen molar-refractivity contribution in [3.05, 3.63) is 35.4 Å². The van der Waals surface area contributed by atoms with Gasteiger partial charge < -0.3 is 15.4 Å². The summed E-state index contributed by atoms with van der Waals surface area (Å²) in [7, 11) is 0. The van der Waals surface area contributed by atoms with Crippen LogP contribution in [0.25, 0.3) is 0 Å². The second-order valence-electron chi connectivity index (χ2n) is 5.28. The van der Waals surface area contributed by atoms with Gasteiger partial charge in [-0.05, 0) is 23.5 Å². The van der Waals surface area contributed by atoms with Gasteiger partial charge in [0.2, 0.25) is 0 Å². The molecule has 1 fully saturated rings. The van der Waals surface area contributed by atoms with Crippen molar-refractivity contribution in [3.63, 3.8) is 0 Å². The Bertz CT molecular complexity index is 409. The highest BCUT2D eigenvalue weighted by Gasteiger charge is 2.17. The van der Waals surface area contributed by atoms with E-state index in [0.717, 1.165) is 18.6 Å². The SMILES string of the molecule is CC(C)c1ccc(CNC(=O)NC2CCOC2)cc1. The fraction of sp³-hybridized carbons (Fsp3) is 0.533. The molecule has 4 nitrogen and oxygen atoms in total. The zero-order chi connectivity index (χ0) is 13.7. The molecule has 2 rings (SSSR count). The molecule has 0 saturated carbocycles. The molecule has 0 spiro atoms. The van der Waals surface area contributed by atoms with Gasteiger partial charge in [0.05, 0.1) is 12.6 Å². The van der Waals surface area contributed by atoms with E-state index in [4.69, 9.17) is 4.74 Å². The van der Waals surface area contributed by atoms with Crippen LogP contribution >= 0.6 is 0 Å². The number of carbonyl (C=O) groups excluding carboxylic acids is 1. The van der Waals surface area contributed by atoms with Crippen LogP contribution in [-0.2, 0) is 11.3 Å². The molecular formula is C15H22N2O2. The monoisotopic (exact) mass is 262 g/mol. The molecule has 0 bridgehead atoms. The lowest BCUT2D eigenvalue weighted by atomic mass is 10.0. The molecule has 0 aromatic heterocycles. The minimum absolute atomic E-state index is 0.122. The molecule has 19 heavy (non-hydrogen) atoms. The summed E-state index contributed by atoms with van der Waals surface area (Å²) in [5.41, 5.74) is 2.43. The number of ether oxygens (including phenoxy) is 1. The fourth-order valence-electron chi connectivity index (χ4n) is 2.09. The van der Waals surface area contributed by atoms with Crippen molar-refractivity contribution < 1.29 is 9.53 Å². The van der Waals surface area contributed by atoms with Gasteiger partial charge >= 0.3 is 6.03 Å². The Balaban J connectivity index is 1.76. The normalized spacial score (nSPS) is 18.6. The summed E-state index contributed by atoms with van der Waals surface area (Å²) in [6.45, 7) is 6.25. The molecule has 2 N–H and O–H groups in total. The highest BCUT2D eigenvalue weighted by Crippen LogP contribution is 2.14. The van der Waals surface area contributed by atoms with Crippen LogP contribution in [0.3, 0.4) is 0 Å². The van der Waals surface area contributed by atoms with Crippen molar-refractivity contribution in [1.29, 1.82) is 0 Å². The van der Waals surface area contributed by atoms with Crippen molar-refractivity contribution in [2.75, 3.05) is 13.2 Å². The van der Waals surface area contributed by atoms with Gasteiger partial charge in [0.15, 0.2) is 0 Å². The van der Waals surface area contributed by atoms with Crippen LogP contribution in [0.2, 0.25) is 0 Å². The second-order valence-corrected chi connectivity index (χ2v) is 5.28. The number of rotatable bonds is 4. The highest BCUT2D eigenvalue weighted by atomic mass is 16.5. The van der Waals surface area contributed by atoms with Crippen molar-refractivity contribution in [1.82, 2.24) is 10.6 Å². The van der Waals surface area contributed by atoms with Crippen molar-refractivity contribution in [3.8, 4) is 0 Å². The summed E-state index contributed by atoms with van der Waals surface area (Å²) in [6, 6.07) is 8.39. The quantitative estimate of drug-likeness (QED) is 0.875. The summed E-state index contributed by atoms with van der Waals surface area (Å²) >= 11 is 0. The zero-order valence-electron chi connectivity index (χ0n) is 11.6. The third-order valence-corrected chi connectivity index (χ3v) is 3.36. The Morgan fingerprint density at radius 3 is 2.68 bits per heavy atom. The van der Waals surface area contributed by atoms with Gasteiger partial charge in [-0.3, -0.25) is 0 Å². The molecule has 104 valence electrons. The number of benzene rings is 1. The van der Waals surface area contributed by atoms with Crippen LogP contribution in [0.4, 0.5) is 4.79 Å². The molecule has 1 aliphatic heterocycles. The van der Waals surface area contributed by atoms with Crippen LogP contribution in [0.1, 0.15) is 37.3 Å². The van der Waals surface area contributed by atoms with Gasteiger partial charge in [0.1, 0.15) is 0 Å². The van der Waals surface area contributed by atoms with E-state index >= 15 is 0 Å². The average molecular weight is 262 g/mol. The smallest absolute Gasteiger partial charge is 0.315 e. The van der Waals surface area contributed by atoms with E-state index in [1.54, 1.807) is 0 Å². The van der Waals surface area contributed by atoms with Crippen LogP contribution in [0, 0.1) is 0 Å². The molecule has 1 aliphatic rings. The van der Waals surface area contributed by atoms with E-state index in [0.29, 0.717) is 19.1 Å². The first-order valence-electron chi connectivity index (χ1n) is 6.86. The third kappa shape index (κ3) is 4.24.